The molecule has 0 atom stereocenters. The predicted molar refractivity (Wildman–Crippen MR) is 71.6 cm³/mol. The van der Waals surface area contributed by atoms with Crippen LogP contribution in [0, 0.1) is 6.92 Å². The molecule has 0 saturated heterocycles. The lowest BCUT2D eigenvalue weighted by molar-refractivity contribution is 0.591. The Labute approximate surface area is 106 Å². The van der Waals surface area contributed by atoms with Crippen LogP contribution in [0.3, 0.4) is 0 Å². The molecule has 0 aliphatic carbocycles. The molecule has 0 spiro atoms. The minimum atomic E-state index is 0.643. The van der Waals surface area contributed by atoms with E-state index in [1.54, 1.807) is 6.20 Å². The summed E-state index contributed by atoms with van der Waals surface area (Å²) < 4.78 is 1.92. The first-order valence-electron chi connectivity index (χ1n) is 6.02. The van der Waals surface area contributed by atoms with E-state index in [-0.39, 0.29) is 0 Å². The zero-order chi connectivity index (χ0) is 12.8. The van der Waals surface area contributed by atoms with Gasteiger partial charge in [0.05, 0.1) is 0 Å². The molecule has 6 heteroatoms. The first kappa shape index (κ1) is 12.3. The maximum Gasteiger partial charge on any atom is 0.224 e. The van der Waals surface area contributed by atoms with Crippen molar-refractivity contribution in [1.29, 1.82) is 0 Å². The molecule has 0 aromatic carbocycles. The van der Waals surface area contributed by atoms with Gasteiger partial charge in [0.15, 0.2) is 0 Å². The third-order valence-corrected chi connectivity index (χ3v) is 2.51. The topological polar surface area (TPSA) is 67.7 Å². The standard InChI is InChI=1S/C12H18N6/c1-10-9-11(17-12(13-2)16-10)14-5-3-7-18-8-4-6-15-18/h4,6,8-9H,3,5,7H2,1-2H3,(H2,13,14,16,17). The summed E-state index contributed by atoms with van der Waals surface area (Å²) in [6, 6.07) is 3.87. The number of rotatable bonds is 6. The fraction of sp³-hybridized carbons (Fsp3) is 0.417. The molecule has 2 heterocycles. The van der Waals surface area contributed by atoms with Crippen LogP contribution >= 0.6 is 0 Å². The molecule has 6 nitrogen and oxygen atoms in total. The SMILES string of the molecule is CNc1nc(C)cc(NCCCn2cccn2)n1. The van der Waals surface area contributed by atoms with Gasteiger partial charge in [-0.05, 0) is 19.4 Å². The summed E-state index contributed by atoms with van der Waals surface area (Å²) >= 11 is 0. The monoisotopic (exact) mass is 246 g/mol. The van der Waals surface area contributed by atoms with Gasteiger partial charge in [0.2, 0.25) is 5.95 Å². The van der Waals surface area contributed by atoms with E-state index in [1.165, 1.54) is 0 Å². The maximum atomic E-state index is 4.33. The Morgan fingerprint density at radius 2 is 2.22 bits per heavy atom. The second kappa shape index (κ2) is 6.00. The van der Waals surface area contributed by atoms with E-state index in [4.69, 9.17) is 0 Å². The van der Waals surface area contributed by atoms with E-state index < -0.39 is 0 Å². The maximum absolute atomic E-state index is 4.33. The van der Waals surface area contributed by atoms with E-state index in [0.717, 1.165) is 31.0 Å². The molecule has 0 radical (unpaired) electrons. The van der Waals surface area contributed by atoms with Gasteiger partial charge in [0.1, 0.15) is 5.82 Å². The van der Waals surface area contributed by atoms with Crippen molar-refractivity contribution in [3.05, 3.63) is 30.2 Å². The van der Waals surface area contributed by atoms with Crippen LogP contribution < -0.4 is 10.6 Å². The summed E-state index contributed by atoms with van der Waals surface area (Å²) in [5, 5.41) is 10.4. The van der Waals surface area contributed by atoms with Gasteiger partial charge in [-0.2, -0.15) is 10.1 Å². The highest BCUT2D eigenvalue weighted by atomic mass is 15.3. The van der Waals surface area contributed by atoms with Crippen LogP contribution in [0.4, 0.5) is 11.8 Å². The molecule has 18 heavy (non-hydrogen) atoms. The molecule has 2 N–H and O–H groups in total. The molecule has 0 amide bonds. The molecule has 2 aromatic rings. The van der Waals surface area contributed by atoms with Crippen LogP contribution in [0.5, 0.6) is 0 Å². The Bertz CT molecular complexity index is 479. The van der Waals surface area contributed by atoms with Gasteiger partial charge in [-0.1, -0.05) is 0 Å². The van der Waals surface area contributed by atoms with Crippen molar-refractivity contribution in [1.82, 2.24) is 19.7 Å². The molecule has 0 bridgehead atoms. The number of aryl methyl sites for hydroxylation is 2. The minimum Gasteiger partial charge on any atom is -0.370 e. The number of hydrogen-bond donors (Lipinski definition) is 2. The van der Waals surface area contributed by atoms with Crippen molar-refractivity contribution >= 4 is 11.8 Å². The summed E-state index contributed by atoms with van der Waals surface area (Å²) in [4.78, 5) is 8.58. The highest BCUT2D eigenvalue weighted by Crippen LogP contribution is 2.08. The first-order chi connectivity index (χ1) is 8.78. The minimum absolute atomic E-state index is 0.643. The molecule has 0 aliphatic heterocycles. The van der Waals surface area contributed by atoms with E-state index >= 15 is 0 Å². The Kier molecular flexibility index (Phi) is 4.11. The average Bonchev–Trinajstić information content (AvgIpc) is 2.87. The summed E-state index contributed by atoms with van der Waals surface area (Å²) in [5.74, 6) is 1.50. The Hall–Kier alpha value is -2.11. The highest BCUT2D eigenvalue weighted by Gasteiger charge is 1.99. The molecular weight excluding hydrogens is 228 g/mol. The summed E-state index contributed by atoms with van der Waals surface area (Å²) in [5.41, 5.74) is 0.948. The number of nitrogens with zero attached hydrogens (tertiary/aromatic N) is 4. The van der Waals surface area contributed by atoms with Crippen LogP contribution in [0.2, 0.25) is 0 Å². The van der Waals surface area contributed by atoms with Gasteiger partial charge in [-0.25, -0.2) is 4.98 Å². The quantitative estimate of drug-likeness (QED) is 0.756. The molecule has 2 rings (SSSR count). The zero-order valence-corrected chi connectivity index (χ0v) is 10.7. The smallest absolute Gasteiger partial charge is 0.224 e. The van der Waals surface area contributed by atoms with Crippen molar-refractivity contribution in [2.45, 2.75) is 19.9 Å². The van der Waals surface area contributed by atoms with Gasteiger partial charge in [0.25, 0.3) is 0 Å². The summed E-state index contributed by atoms with van der Waals surface area (Å²) in [7, 11) is 1.82. The summed E-state index contributed by atoms with van der Waals surface area (Å²) in [6.45, 7) is 3.72. The van der Waals surface area contributed by atoms with E-state index in [0.29, 0.717) is 5.95 Å². The molecule has 2 aromatic heterocycles. The molecule has 0 saturated carbocycles. The van der Waals surface area contributed by atoms with Crippen molar-refractivity contribution in [2.75, 3.05) is 24.2 Å². The Morgan fingerprint density at radius 1 is 1.33 bits per heavy atom. The van der Waals surface area contributed by atoms with Gasteiger partial charge in [-0.15, -0.1) is 0 Å². The van der Waals surface area contributed by atoms with Gasteiger partial charge >= 0.3 is 0 Å². The van der Waals surface area contributed by atoms with Gasteiger partial charge in [0, 0.05) is 44.3 Å². The van der Waals surface area contributed by atoms with E-state index in [2.05, 4.69) is 25.7 Å². The molecule has 0 unspecified atom stereocenters. The largest absolute Gasteiger partial charge is 0.370 e. The third kappa shape index (κ3) is 3.44. The number of aromatic nitrogens is 4. The molecular formula is C12H18N6. The predicted octanol–water partition coefficient (Wildman–Crippen LogP) is 1.53. The van der Waals surface area contributed by atoms with Gasteiger partial charge in [-0.3, -0.25) is 4.68 Å². The fourth-order valence-electron chi connectivity index (χ4n) is 1.66. The second-order valence-electron chi connectivity index (χ2n) is 4.02. The molecule has 0 aliphatic rings. The van der Waals surface area contributed by atoms with Crippen molar-refractivity contribution in [2.24, 2.45) is 0 Å². The lowest BCUT2D eigenvalue weighted by Gasteiger charge is -2.08. The number of nitrogens with one attached hydrogen (secondary N) is 2. The molecule has 96 valence electrons. The first-order valence-corrected chi connectivity index (χ1v) is 6.02. The fourth-order valence-corrected chi connectivity index (χ4v) is 1.66. The average molecular weight is 246 g/mol. The van der Waals surface area contributed by atoms with Crippen LogP contribution in [0.15, 0.2) is 24.5 Å². The Morgan fingerprint density at radius 3 is 2.94 bits per heavy atom. The number of hydrogen-bond acceptors (Lipinski definition) is 5. The molecule has 0 fully saturated rings. The normalized spacial score (nSPS) is 10.3. The Balaban J connectivity index is 1.81. The highest BCUT2D eigenvalue weighted by molar-refractivity contribution is 5.41. The van der Waals surface area contributed by atoms with Crippen LogP contribution in [0.1, 0.15) is 12.1 Å². The van der Waals surface area contributed by atoms with Crippen LogP contribution in [-0.2, 0) is 6.54 Å². The van der Waals surface area contributed by atoms with Crippen molar-refractivity contribution in [3.63, 3.8) is 0 Å². The van der Waals surface area contributed by atoms with E-state index in [1.807, 2.05) is 37.0 Å². The third-order valence-electron chi connectivity index (χ3n) is 2.51. The summed E-state index contributed by atoms with van der Waals surface area (Å²) in [6.07, 6.45) is 4.76. The van der Waals surface area contributed by atoms with Gasteiger partial charge < -0.3 is 10.6 Å². The van der Waals surface area contributed by atoms with Crippen LogP contribution in [0.25, 0.3) is 0 Å². The van der Waals surface area contributed by atoms with Crippen molar-refractivity contribution < 1.29 is 0 Å². The second-order valence-corrected chi connectivity index (χ2v) is 4.02. The lowest BCUT2D eigenvalue weighted by atomic mass is 10.4. The number of anilines is 2. The van der Waals surface area contributed by atoms with Crippen LogP contribution in [-0.4, -0.2) is 33.3 Å². The van der Waals surface area contributed by atoms with Crippen molar-refractivity contribution in [3.8, 4) is 0 Å². The lowest BCUT2D eigenvalue weighted by Crippen LogP contribution is -2.09. The zero-order valence-electron chi connectivity index (χ0n) is 10.7. The van der Waals surface area contributed by atoms with E-state index in [9.17, 15) is 0 Å².